The van der Waals surface area contributed by atoms with E-state index in [9.17, 15) is 18.8 Å². The Hall–Kier alpha value is -4.47. The summed E-state index contributed by atoms with van der Waals surface area (Å²) in [7, 11) is 1.76. The van der Waals surface area contributed by atoms with Crippen molar-refractivity contribution in [2.75, 3.05) is 32.8 Å². The van der Waals surface area contributed by atoms with Crippen LogP contribution >= 0.6 is 0 Å². The highest BCUT2D eigenvalue weighted by Crippen LogP contribution is 2.24. The van der Waals surface area contributed by atoms with Gasteiger partial charge in [0.15, 0.2) is 6.61 Å². The number of hydrogen-bond acceptors (Lipinski definition) is 5. The summed E-state index contributed by atoms with van der Waals surface area (Å²) in [6, 6.07) is 14.5. The van der Waals surface area contributed by atoms with Gasteiger partial charge < -0.3 is 19.1 Å². The van der Waals surface area contributed by atoms with Gasteiger partial charge in [0.25, 0.3) is 17.4 Å². The van der Waals surface area contributed by atoms with Crippen LogP contribution in [-0.4, -0.2) is 68.7 Å². The van der Waals surface area contributed by atoms with Crippen LogP contribution < -0.4 is 10.3 Å². The molecule has 1 fully saturated rings. The zero-order chi connectivity index (χ0) is 25.2. The number of nitrogens with zero attached hydrogens (tertiary/aromatic N) is 5. The third-order valence-corrected chi connectivity index (χ3v) is 6.13. The maximum absolute atomic E-state index is 13.4. The largest absolute Gasteiger partial charge is 0.484 e. The fourth-order valence-electron chi connectivity index (χ4n) is 4.23. The summed E-state index contributed by atoms with van der Waals surface area (Å²) >= 11 is 0. The number of ether oxygens (including phenoxy) is 1. The number of carbonyl (C=O) groups excluding carboxylic acids is 2. The summed E-state index contributed by atoms with van der Waals surface area (Å²) in [6.45, 7) is 1.21. The van der Waals surface area contributed by atoms with Gasteiger partial charge in [-0.1, -0.05) is 18.2 Å². The van der Waals surface area contributed by atoms with Crippen molar-refractivity contribution in [1.82, 2.24) is 24.1 Å². The number of pyridine rings is 1. The molecular weight excluding hydrogens is 465 g/mol. The zero-order valence-electron chi connectivity index (χ0n) is 19.6. The summed E-state index contributed by atoms with van der Waals surface area (Å²) in [4.78, 5) is 42.3. The van der Waals surface area contributed by atoms with E-state index in [0.717, 1.165) is 0 Å². The number of piperazine rings is 1. The van der Waals surface area contributed by atoms with Crippen molar-refractivity contribution in [2.24, 2.45) is 7.05 Å². The second kappa shape index (κ2) is 9.65. The number of fused-ring (bicyclic) bond motifs is 1. The van der Waals surface area contributed by atoms with Crippen LogP contribution in [0.15, 0.2) is 71.8 Å². The number of rotatable bonds is 5. The van der Waals surface area contributed by atoms with Gasteiger partial charge in [0.05, 0.1) is 16.8 Å². The molecule has 5 rings (SSSR count). The van der Waals surface area contributed by atoms with Crippen molar-refractivity contribution in [3.05, 3.63) is 88.7 Å². The number of benzene rings is 2. The minimum absolute atomic E-state index is 0.169. The van der Waals surface area contributed by atoms with Crippen LogP contribution in [0.25, 0.3) is 16.9 Å². The summed E-state index contributed by atoms with van der Waals surface area (Å²) in [5.41, 5.74) is 1.37. The van der Waals surface area contributed by atoms with Crippen molar-refractivity contribution < 1.29 is 18.7 Å². The van der Waals surface area contributed by atoms with Gasteiger partial charge >= 0.3 is 0 Å². The Morgan fingerprint density at radius 2 is 1.61 bits per heavy atom. The quantitative estimate of drug-likeness (QED) is 0.429. The van der Waals surface area contributed by atoms with Crippen LogP contribution in [0.5, 0.6) is 5.75 Å². The van der Waals surface area contributed by atoms with E-state index in [2.05, 4.69) is 5.10 Å². The average molecular weight is 490 g/mol. The van der Waals surface area contributed by atoms with E-state index >= 15 is 0 Å². The van der Waals surface area contributed by atoms with Gasteiger partial charge in [-0.25, -0.2) is 4.39 Å². The van der Waals surface area contributed by atoms with Gasteiger partial charge in [-0.15, -0.1) is 0 Å². The molecular formula is C26H24FN5O4. The van der Waals surface area contributed by atoms with E-state index in [1.165, 1.54) is 28.9 Å². The van der Waals surface area contributed by atoms with Gasteiger partial charge in [-0.2, -0.15) is 9.78 Å². The monoisotopic (exact) mass is 489 g/mol. The number of aromatic nitrogens is 3. The molecule has 1 saturated heterocycles. The third kappa shape index (κ3) is 4.57. The van der Waals surface area contributed by atoms with Crippen LogP contribution in [0.2, 0.25) is 0 Å². The van der Waals surface area contributed by atoms with E-state index < -0.39 is 0 Å². The molecule has 0 saturated carbocycles. The third-order valence-electron chi connectivity index (χ3n) is 6.13. The fourth-order valence-corrected chi connectivity index (χ4v) is 4.23. The Kier molecular flexibility index (Phi) is 6.24. The van der Waals surface area contributed by atoms with Crippen LogP contribution in [0.4, 0.5) is 4.39 Å². The molecule has 0 aromatic heterocycles. The molecule has 184 valence electrons. The molecule has 36 heavy (non-hydrogen) atoms. The molecule has 2 aromatic carbocycles. The van der Waals surface area contributed by atoms with E-state index in [1.54, 1.807) is 45.9 Å². The molecule has 0 atom stereocenters. The predicted molar refractivity (Wildman–Crippen MR) is 130 cm³/mol. The minimum Gasteiger partial charge on any atom is -0.484 e. The van der Waals surface area contributed by atoms with Gasteiger partial charge in [0.1, 0.15) is 17.3 Å². The van der Waals surface area contributed by atoms with Crippen molar-refractivity contribution in [3.8, 4) is 22.7 Å². The fraction of sp³-hybridized carbons (Fsp3) is 0.231. The normalized spacial score (nSPS) is 13.7. The van der Waals surface area contributed by atoms with Crippen molar-refractivity contribution in [3.63, 3.8) is 0 Å². The highest BCUT2D eigenvalue weighted by molar-refractivity contribution is 6.00. The molecule has 2 aromatic rings. The molecule has 2 amide bonds. The van der Waals surface area contributed by atoms with Crippen LogP contribution in [0.3, 0.4) is 0 Å². The maximum atomic E-state index is 13.4. The SMILES string of the molecule is Cn1cc(C(=O)N2CCN(C(=O)COc3ccc(F)cc3)CC2)c2nn(-c3ccccc3)c(=O)c-2c1. The van der Waals surface area contributed by atoms with Gasteiger partial charge in [0, 0.05) is 45.6 Å². The molecule has 0 N–H and O–H groups in total. The second-order valence-electron chi connectivity index (χ2n) is 8.57. The highest BCUT2D eigenvalue weighted by atomic mass is 19.1. The number of halogens is 1. The van der Waals surface area contributed by atoms with Crippen LogP contribution in [0, 0.1) is 5.82 Å². The Bertz CT molecular complexity index is 1420. The lowest BCUT2D eigenvalue weighted by Crippen LogP contribution is -2.51. The number of carbonyl (C=O) groups is 2. The van der Waals surface area contributed by atoms with Crippen molar-refractivity contribution in [2.45, 2.75) is 0 Å². The Balaban J connectivity index is 1.28. The smallest absolute Gasteiger partial charge is 0.282 e. The standard InChI is InChI=1S/C26H24FN5O4/c1-29-15-21(24-22(16-29)26(35)32(28-24)19-5-3-2-4-6-19)25(34)31-13-11-30(12-14-31)23(33)17-36-20-9-7-18(27)8-10-20/h2-10,15-16H,11-14,17H2,1H3. The summed E-state index contributed by atoms with van der Waals surface area (Å²) in [6.07, 6.45) is 3.33. The molecule has 0 unspecified atom stereocenters. The maximum Gasteiger partial charge on any atom is 0.282 e. The lowest BCUT2D eigenvalue weighted by molar-refractivity contribution is -0.134. The van der Waals surface area contributed by atoms with Crippen LogP contribution in [0.1, 0.15) is 10.4 Å². The van der Waals surface area contributed by atoms with Gasteiger partial charge in [-0.05, 0) is 36.4 Å². The average Bonchev–Trinajstić information content (AvgIpc) is 3.24. The summed E-state index contributed by atoms with van der Waals surface area (Å²) in [5, 5.41) is 4.48. The summed E-state index contributed by atoms with van der Waals surface area (Å²) in [5.74, 6) is -0.426. The predicted octanol–water partition coefficient (Wildman–Crippen LogP) is 2.18. The van der Waals surface area contributed by atoms with Gasteiger partial charge in [-0.3, -0.25) is 14.4 Å². The molecule has 0 bridgehead atoms. The molecule has 0 aliphatic carbocycles. The Morgan fingerprint density at radius 3 is 2.31 bits per heavy atom. The van der Waals surface area contributed by atoms with E-state index in [4.69, 9.17) is 4.74 Å². The van der Waals surface area contributed by atoms with E-state index in [-0.39, 0.29) is 29.8 Å². The van der Waals surface area contributed by atoms with Crippen LogP contribution in [-0.2, 0) is 11.8 Å². The van der Waals surface area contributed by atoms with Crippen molar-refractivity contribution >= 4 is 11.8 Å². The van der Waals surface area contributed by atoms with Gasteiger partial charge in [0.2, 0.25) is 0 Å². The highest BCUT2D eigenvalue weighted by Gasteiger charge is 2.30. The summed E-state index contributed by atoms with van der Waals surface area (Å²) < 4.78 is 21.5. The zero-order valence-corrected chi connectivity index (χ0v) is 19.6. The molecule has 3 aliphatic heterocycles. The second-order valence-corrected chi connectivity index (χ2v) is 8.57. The number of para-hydroxylation sites is 1. The lowest BCUT2D eigenvalue weighted by atomic mass is 10.1. The van der Waals surface area contributed by atoms with E-state index in [1.807, 2.05) is 18.2 Å². The number of aryl methyl sites for hydroxylation is 1. The minimum atomic E-state index is -0.378. The first kappa shape index (κ1) is 23.3. The van der Waals surface area contributed by atoms with E-state index in [0.29, 0.717) is 54.4 Å². The first-order valence-electron chi connectivity index (χ1n) is 11.5. The lowest BCUT2D eigenvalue weighted by Gasteiger charge is -2.35. The first-order valence-corrected chi connectivity index (χ1v) is 11.5. The Labute approximate surface area is 206 Å². The number of hydrogen-bond donors (Lipinski definition) is 0. The first-order chi connectivity index (χ1) is 17.4. The molecule has 3 aliphatic rings. The molecule has 9 nitrogen and oxygen atoms in total. The molecule has 0 spiro atoms. The molecule has 3 heterocycles. The molecule has 10 heteroatoms. The topological polar surface area (TPSA) is 89.7 Å². The number of amides is 2. The van der Waals surface area contributed by atoms with Crippen molar-refractivity contribution in [1.29, 1.82) is 0 Å². The Morgan fingerprint density at radius 1 is 0.944 bits per heavy atom. The molecule has 0 radical (unpaired) electrons.